The monoisotopic (exact) mass is 367 g/mol. The normalized spacial score (nSPS) is 12.3. The first-order chi connectivity index (χ1) is 13.8. The molecule has 0 saturated carbocycles. The van der Waals surface area contributed by atoms with Gasteiger partial charge in [0.1, 0.15) is 11.8 Å². The minimum atomic E-state index is 0.118. The molecule has 0 saturated heterocycles. The molecule has 2 N–H and O–H groups in total. The van der Waals surface area contributed by atoms with Gasteiger partial charge in [0.05, 0.1) is 23.6 Å². The van der Waals surface area contributed by atoms with Crippen LogP contribution < -0.4 is 5.32 Å². The van der Waals surface area contributed by atoms with Crippen LogP contribution in [-0.4, -0.2) is 29.9 Å². The number of rotatable bonds is 4. The number of hydrogen-bond donors (Lipinski definition) is 2. The van der Waals surface area contributed by atoms with E-state index in [-0.39, 0.29) is 6.04 Å². The minimum absolute atomic E-state index is 0.118. The number of nitrogens with zero attached hydrogens (tertiary/aromatic N) is 5. The topological polar surface area (TPSA) is 92.3 Å². The molecule has 5 rings (SSSR count). The SMILES string of the molecule is C[C@@H](Nc1ncc2cc(-c3ncnc4nc[nH]c34)ccc2n1)c1ccccc1. The van der Waals surface area contributed by atoms with Gasteiger partial charge >= 0.3 is 0 Å². The molecule has 5 aromatic rings. The molecule has 0 aliphatic rings. The highest BCUT2D eigenvalue weighted by Crippen LogP contribution is 2.26. The third kappa shape index (κ3) is 2.92. The van der Waals surface area contributed by atoms with Gasteiger partial charge in [0.15, 0.2) is 5.65 Å². The predicted molar refractivity (Wildman–Crippen MR) is 109 cm³/mol. The highest BCUT2D eigenvalue weighted by molar-refractivity contribution is 5.91. The maximum atomic E-state index is 4.65. The lowest BCUT2D eigenvalue weighted by Gasteiger charge is -2.14. The maximum Gasteiger partial charge on any atom is 0.223 e. The highest BCUT2D eigenvalue weighted by atomic mass is 15.1. The zero-order chi connectivity index (χ0) is 18.9. The Labute approximate surface area is 160 Å². The van der Waals surface area contributed by atoms with E-state index in [1.165, 1.54) is 11.9 Å². The van der Waals surface area contributed by atoms with Gasteiger partial charge in [0.25, 0.3) is 0 Å². The van der Waals surface area contributed by atoms with Crippen molar-refractivity contribution in [1.82, 2.24) is 29.9 Å². The van der Waals surface area contributed by atoms with Crippen molar-refractivity contribution in [3.8, 4) is 11.3 Å². The Bertz CT molecular complexity index is 1260. The smallest absolute Gasteiger partial charge is 0.223 e. The third-order valence-electron chi connectivity index (χ3n) is 4.72. The summed E-state index contributed by atoms with van der Waals surface area (Å²) in [7, 11) is 0. The molecule has 0 aliphatic carbocycles. The molecular weight excluding hydrogens is 350 g/mol. The van der Waals surface area contributed by atoms with Crippen molar-refractivity contribution in [3.05, 3.63) is 72.9 Å². The van der Waals surface area contributed by atoms with Crippen LogP contribution in [0.1, 0.15) is 18.5 Å². The summed E-state index contributed by atoms with van der Waals surface area (Å²) in [6.45, 7) is 2.09. The first kappa shape index (κ1) is 16.3. The molecule has 3 aromatic heterocycles. The van der Waals surface area contributed by atoms with Crippen molar-refractivity contribution in [2.24, 2.45) is 0 Å². The molecule has 136 valence electrons. The number of anilines is 1. The van der Waals surface area contributed by atoms with Crippen molar-refractivity contribution < 1.29 is 0 Å². The molecule has 0 unspecified atom stereocenters. The van der Waals surface area contributed by atoms with Crippen LogP contribution in [0.2, 0.25) is 0 Å². The maximum absolute atomic E-state index is 4.65. The van der Waals surface area contributed by atoms with E-state index >= 15 is 0 Å². The van der Waals surface area contributed by atoms with E-state index in [4.69, 9.17) is 0 Å². The number of aromatic nitrogens is 6. The van der Waals surface area contributed by atoms with Gasteiger partial charge in [-0.3, -0.25) is 0 Å². The first-order valence-electron chi connectivity index (χ1n) is 9.01. The molecule has 0 aliphatic heterocycles. The Morgan fingerprint density at radius 3 is 2.75 bits per heavy atom. The van der Waals surface area contributed by atoms with Crippen LogP contribution in [0, 0.1) is 0 Å². The summed E-state index contributed by atoms with van der Waals surface area (Å²) in [4.78, 5) is 25.0. The molecule has 0 amide bonds. The second-order valence-corrected chi connectivity index (χ2v) is 6.57. The minimum Gasteiger partial charge on any atom is -0.348 e. The van der Waals surface area contributed by atoms with E-state index in [2.05, 4.69) is 54.3 Å². The van der Waals surface area contributed by atoms with Gasteiger partial charge in [-0.05, 0) is 24.6 Å². The molecule has 0 spiro atoms. The molecular formula is C21H17N7. The summed E-state index contributed by atoms with van der Waals surface area (Å²) in [6.07, 6.45) is 4.98. The molecule has 7 nitrogen and oxygen atoms in total. The number of benzene rings is 2. The van der Waals surface area contributed by atoms with Gasteiger partial charge in [-0.1, -0.05) is 36.4 Å². The molecule has 1 atom stereocenters. The average Bonchev–Trinajstić information content (AvgIpc) is 3.23. The fraction of sp³-hybridized carbons (Fsp3) is 0.0952. The fourth-order valence-electron chi connectivity index (χ4n) is 3.25. The van der Waals surface area contributed by atoms with Crippen LogP contribution >= 0.6 is 0 Å². The van der Waals surface area contributed by atoms with Crippen LogP contribution in [0.15, 0.2) is 67.4 Å². The summed E-state index contributed by atoms with van der Waals surface area (Å²) >= 11 is 0. The quantitative estimate of drug-likeness (QED) is 0.496. The lowest BCUT2D eigenvalue weighted by atomic mass is 10.1. The van der Waals surface area contributed by atoms with Crippen LogP contribution in [-0.2, 0) is 0 Å². The van der Waals surface area contributed by atoms with Gasteiger partial charge in [-0.2, -0.15) is 0 Å². The summed E-state index contributed by atoms with van der Waals surface area (Å²) in [5, 5.41) is 4.31. The van der Waals surface area contributed by atoms with E-state index < -0.39 is 0 Å². The molecule has 0 fully saturated rings. The molecule has 3 heterocycles. The van der Waals surface area contributed by atoms with Crippen molar-refractivity contribution in [1.29, 1.82) is 0 Å². The van der Waals surface area contributed by atoms with Crippen LogP contribution in [0.5, 0.6) is 0 Å². The Hall–Kier alpha value is -3.87. The Morgan fingerprint density at radius 1 is 0.964 bits per heavy atom. The van der Waals surface area contributed by atoms with E-state index in [9.17, 15) is 0 Å². The van der Waals surface area contributed by atoms with Gasteiger partial charge in [0.2, 0.25) is 5.95 Å². The molecule has 0 radical (unpaired) electrons. The van der Waals surface area contributed by atoms with Gasteiger partial charge < -0.3 is 10.3 Å². The zero-order valence-electron chi connectivity index (χ0n) is 15.2. The summed E-state index contributed by atoms with van der Waals surface area (Å²) < 4.78 is 0. The van der Waals surface area contributed by atoms with Gasteiger partial charge in [-0.15, -0.1) is 0 Å². The summed E-state index contributed by atoms with van der Waals surface area (Å²) in [5.74, 6) is 0.606. The number of hydrogen-bond acceptors (Lipinski definition) is 6. The highest BCUT2D eigenvalue weighted by Gasteiger charge is 2.11. The van der Waals surface area contributed by atoms with E-state index in [0.29, 0.717) is 11.6 Å². The van der Waals surface area contributed by atoms with Crippen molar-refractivity contribution in [2.45, 2.75) is 13.0 Å². The van der Waals surface area contributed by atoms with Crippen molar-refractivity contribution >= 4 is 28.0 Å². The summed E-state index contributed by atoms with van der Waals surface area (Å²) in [6, 6.07) is 16.4. The van der Waals surface area contributed by atoms with Crippen molar-refractivity contribution in [3.63, 3.8) is 0 Å². The van der Waals surface area contributed by atoms with Gasteiger partial charge in [0, 0.05) is 17.1 Å². The third-order valence-corrected chi connectivity index (χ3v) is 4.72. The first-order valence-corrected chi connectivity index (χ1v) is 9.01. The standard InChI is InChI=1S/C21H17N7/c1-13(14-5-3-2-4-6-14)27-21-22-10-16-9-15(7-8-17(16)28-21)18-19-20(25-11-23-18)26-12-24-19/h2-13H,1H3,(H,22,27,28)(H,23,24,25,26)/t13-/m1/s1. The number of imidazole rings is 1. The van der Waals surface area contributed by atoms with Crippen LogP contribution in [0.3, 0.4) is 0 Å². The zero-order valence-corrected chi connectivity index (χ0v) is 15.2. The van der Waals surface area contributed by atoms with Gasteiger partial charge in [-0.25, -0.2) is 24.9 Å². The van der Waals surface area contributed by atoms with Crippen LogP contribution in [0.25, 0.3) is 33.3 Å². The second kappa shape index (κ2) is 6.70. The largest absolute Gasteiger partial charge is 0.348 e. The fourth-order valence-corrected chi connectivity index (χ4v) is 3.25. The Morgan fingerprint density at radius 2 is 1.86 bits per heavy atom. The van der Waals surface area contributed by atoms with Crippen LogP contribution in [0.4, 0.5) is 5.95 Å². The second-order valence-electron chi connectivity index (χ2n) is 6.57. The predicted octanol–water partition coefficient (Wildman–Crippen LogP) is 4.14. The molecule has 2 aromatic carbocycles. The lowest BCUT2D eigenvalue weighted by Crippen LogP contribution is -2.09. The molecule has 28 heavy (non-hydrogen) atoms. The number of fused-ring (bicyclic) bond motifs is 2. The average molecular weight is 367 g/mol. The summed E-state index contributed by atoms with van der Waals surface area (Å²) in [5.41, 5.74) is 5.30. The van der Waals surface area contributed by atoms with E-state index in [1.54, 1.807) is 6.33 Å². The van der Waals surface area contributed by atoms with E-state index in [1.807, 2.05) is 42.6 Å². The Kier molecular flexibility index (Phi) is 3.90. The Balaban J connectivity index is 1.47. The van der Waals surface area contributed by atoms with Crippen molar-refractivity contribution in [2.75, 3.05) is 5.32 Å². The molecule has 0 bridgehead atoms. The number of nitrogens with one attached hydrogen (secondary N) is 2. The lowest BCUT2D eigenvalue weighted by molar-refractivity contribution is 0.864. The molecule has 7 heteroatoms. The number of H-pyrrole nitrogens is 1. The number of aromatic amines is 1. The van der Waals surface area contributed by atoms with E-state index in [0.717, 1.165) is 27.7 Å².